The average Bonchev–Trinajstić information content (AvgIpc) is 2.87. The first-order valence-corrected chi connectivity index (χ1v) is 15.7. The van der Waals surface area contributed by atoms with Gasteiger partial charge in [0.2, 0.25) is 0 Å². The van der Waals surface area contributed by atoms with E-state index >= 15 is 0 Å². The van der Waals surface area contributed by atoms with E-state index in [9.17, 15) is 4.79 Å². The minimum absolute atomic E-state index is 0.362. The van der Waals surface area contributed by atoms with Crippen molar-refractivity contribution in [2.24, 2.45) is 35.0 Å². The molecule has 1 heteroatoms. The van der Waals surface area contributed by atoms with Gasteiger partial charge in [-0.05, 0) is 80.5 Å². The number of hydrogen-bond donors (Lipinski definition) is 0. The molecular weight excluding hydrogens is 400 g/mol. The second kappa shape index (κ2) is 14.9. The number of aldehydes is 1. The predicted octanol–water partition coefficient (Wildman–Crippen LogP) is 10.3. The fourth-order valence-corrected chi connectivity index (χ4v) is 8.47. The first-order valence-electron chi connectivity index (χ1n) is 15.7. The SMILES string of the molecule is CCCCCCC[C@H]1CC[C@@](C2CCCCC2)(C(C=O)C2CCC(CCCCC)CC2)CC1. The Kier molecular flexibility index (Phi) is 12.3. The van der Waals surface area contributed by atoms with E-state index in [2.05, 4.69) is 13.8 Å². The van der Waals surface area contributed by atoms with Gasteiger partial charge in [-0.1, -0.05) is 110 Å². The van der Waals surface area contributed by atoms with Crippen LogP contribution >= 0.6 is 0 Å². The molecule has 0 amide bonds. The van der Waals surface area contributed by atoms with Crippen molar-refractivity contribution in [3.05, 3.63) is 0 Å². The lowest BCUT2D eigenvalue weighted by atomic mass is 9.51. The molecule has 1 nitrogen and oxygen atoms in total. The van der Waals surface area contributed by atoms with Crippen molar-refractivity contribution >= 4 is 6.29 Å². The highest BCUT2D eigenvalue weighted by Crippen LogP contribution is 2.57. The van der Waals surface area contributed by atoms with Crippen LogP contribution in [-0.2, 0) is 4.79 Å². The maximum atomic E-state index is 12.8. The van der Waals surface area contributed by atoms with Gasteiger partial charge in [0.05, 0.1) is 0 Å². The Morgan fingerprint density at radius 1 is 0.667 bits per heavy atom. The fraction of sp³-hybridized carbons (Fsp3) is 0.969. The summed E-state index contributed by atoms with van der Waals surface area (Å²) in [5, 5.41) is 0. The summed E-state index contributed by atoms with van der Waals surface area (Å²) < 4.78 is 0. The number of unbranched alkanes of at least 4 members (excludes halogenated alkanes) is 6. The Bertz CT molecular complexity index is 503. The van der Waals surface area contributed by atoms with Gasteiger partial charge in [0.25, 0.3) is 0 Å². The molecule has 3 fully saturated rings. The highest BCUT2D eigenvalue weighted by Gasteiger charge is 2.49. The molecule has 33 heavy (non-hydrogen) atoms. The summed E-state index contributed by atoms with van der Waals surface area (Å²) in [7, 11) is 0. The average molecular weight is 459 g/mol. The molecule has 0 heterocycles. The molecule has 3 saturated carbocycles. The van der Waals surface area contributed by atoms with Crippen LogP contribution in [0, 0.1) is 35.0 Å². The largest absolute Gasteiger partial charge is 0.303 e. The van der Waals surface area contributed by atoms with Gasteiger partial charge < -0.3 is 4.79 Å². The molecule has 1 atom stereocenters. The van der Waals surface area contributed by atoms with Gasteiger partial charge in [-0.25, -0.2) is 0 Å². The Morgan fingerprint density at radius 3 is 1.82 bits per heavy atom. The van der Waals surface area contributed by atoms with Crippen LogP contribution in [0.4, 0.5) is 0 Å². The second-order valence-corrected chi connectivity index (χ2v) is 12.7. The van der Waals surface area contributed by atoms with Crippen molar-refractivity contribution in [2.45, 2.75) is 162 Å². The zero-order valence-electron chi connectivity index (χ0n) is 22.6. The lowest BCUT2D eigenvalue weighted by Gasteiger charge is -2.53. The predicted molar refractivity (Wildman–Crippen MR) is 143 cm³/mol. The third-order valence-corrected chi connectivity index (χ3v) is 10.6. The lowest BCUT2D eigenvalue weighted by molar-refractivity contribution is -0.125. The number of carbonyl (C=O) groups excluding carboxylic acids is 1. The summed E-state index contributed by atoms with van der Waals surface area (Å²) in [4.78, 5) is 12.8. The summed E-state index contributed by atoms with van der Waals surface area (Å²) in [5.74, 6) is 3.80. The third-order valence-electron chi connectivity index (χ3n) is 10.6. The van der Waals surface area contributed by atoms with Gasteiger partial charge in [-0.3, -0.25) is 0 Å². The number of carbonyl (C=O) groups is 1. The van der Waals surface area contributed by atoms with E-state index < -0.39 is 0 Å². The maximum Gasteiger partial charge on any atom is 0.123 e. The zero-order chi connectivity index (χ0) is 23.4. The minimum Gasteiger partial charge on any atom is -0.303 e. The van der Waals surface area contributed by atoms with Crippen molar-refractivity contribution in [2.75, 3.05) is 0 Å². The molecule has 3 aliphatic carbocycles. The molecule has 3 aliphatic rings. The molecule has 0 aromatic rings. The van der Waals surface area contributed by atoms with E-state index in [1.54, 1.807) is 0 Å². The summed E-state index contributed by atoms with van der Waals surface area (Å²) in [6.07, 6.45) is 33.8. The smallest absolute Gasteiger partial charge is 0.123 e. The van der Waals surface area contributed by atoms with E-state index in [-0.39, 0.29) is 0 Å². The second-order valence-electron chi connectivity index (χ2n) is 12.7. The fourth-order valence-electron chi connectivity index (χ4n) is 8.47. The molecule has 0 aromatic heterocycles. The first kappa shape index (κ1) is 27.3. The van der Waals surface area contributed by atoms with Crippen LogP contribution < -0.4 is 0 Å². The van der Waals surface area contributed by atoms with Crippen LogP contribution in [0.25, 0.3) is 0 Å². The van der Waals surface area contributed by atoms with Crippen LogP contribution in [0.15, 0.2) is 0 Å². The highest BCUT2D eigenvalue weighted by molar-refractivity contribution is 5.56. The lowest BCUT2D eigenvalue weighted by Crippen LogP contribution is -2.46. The molecule has 0 aromatic carbocycles. The molecule has 0 aliphatic heterocycles. The van der Waals surface area contributed by atoms with Gasteiger partial charge in [0.15, 0.2) is 0 Å². The van der Waals surface area contributed by atoms with E-state index in [0.717, 1.165) is 17.8 Å². The molecular formula is C32H58O. The molecule has 0 radical (unpaired) electrons. The van der Waals surface area contributed by atoms with Gasteiger partial charge in [0.1, 0.15) is 6.29 Å². The summed E-state index contributed by atoms with van der Waals surface area (Å²) in [6, 6.07) is 0. The molecule has 0 saturated heterocycles. The van der Waals surface area contributed by atoms with Crippen molar-refractivity contribution in [3.8, 4) is 0 Å². The van der Waals surface area contributed by atoms with Gasteiger partial charge in [-0.2, -0.15) is 0 Å². The summed E-state index contributed by atoms with van der Waals surface area (Å²) >= 11 is 0. The molecule has 3 rings (SSSR count). The normalized spacial score (nSPS) is 32.5. The van der Waals surface area contributed by atoms with E-state index in [1.165, 1.54) is 154 Å². The Hall–Kier alpha value is -0.330. The molecule has 0 spiro atoms. The summed E-state index contributed by atoms with van der Waals surface area (Å²) in [5.41, 5.74) is 0.362. The number of hydrogen-bond acceptors (Lipinski definition) is 1. The minimum atomic E-state index is 0.362. The van der Waals surface area contributed by atoms with E-state index in [1.807, 2.05) is 0 Å². The van der Waals surface area contributed by atoms with Gasteiger partial charge in [0, 0.05) is 5.92 Å². The van der Waals surface area contributed by atoms with Crippen molar-refractivity contribution < 1.29 is 4.79 Å². The standard InChI is InChI=1S/C32H58O/c1-3-5-7-8-11-15-28-22-24-32(25-23-28,30-16-12-9-13-17-30)31(26-33)29-20-18-27(19-21-29)14-10-6-4-2/h26-31H,3-25H2,1-2H3/t27?,28-,29?,31?,32+. The first-order chi connectivity index (χ1) is 16.2. The topological polar surface area (TPSA) is 17.1 Å². The molecule has 0 N–H and O–H groups in total. The van der Waals surface area contributed by atoms with E-state index in [4.69, 9.17) is 0 Å². The van der Waals surface area contributed by atoms with Crippen LogP contribution in [0.5, 0.6) is 0 Å². The maximum absolute atomic E-state index is 12.8. The third kappa shape index (κ3) is 7.83. The van der Waals surface area contributed by atoms with Crippen LogP contribution in [0.3, 0.4) is 0 Å². The summed E-state index contributed by atoms with van der Waals surface area (Å²) in [6.45, 7) is 4.63. The van der Waals surface area contributed by atoms with Crippen LogP contribution in [0.1, 0.15) is 162 Å². The zero-order valence-corrected chi connectivity index (χ0v) is 22.6. The van der Waals surface area contributed by atoms with Crippen LogP contribution in [0.2, 0.25) is 0 Å². The van der Waals surface area contributed by atoms with Crippen LogP contribution in [-0.4, -0.2) is 6.29 Å². The highest BCUT2D eigenvalue weighted by atomic mass is 16.1. The van der Waals surface area contributed by atoms with Crippen molar-refractivity contribution in [1.82, 2.24) is 0 Å². The Balaban J connectivity index is 1.58. The van der Waals surface area contributed by atoms with Gasteiger partial charge >= 0.3 is 0 Å². The van der Waals surface area contributed by atoms with Crippen molar-refractivity contribution in [3.63, 3.8) is 0 Å². The molecule has 0 bridgehead atoms. The Labute approximate surface area is 207 Å². The monoisotopic (exact) mass is 458 g/mol. The quantitative estimate of drug-likeness (QED) is 0.187. The van der Waals surface area contributed by atoms with Gasteiger partial charge in [-0.15, -0.1) is 0 Å². The van der Waals surface area contributed by atoms with E-state index in [0.29, 0.717) is 17.3 Å². The molecule has 192 valence electrons. The molecule has 1 unspecified atom stereocenters. The number of rotatable bonds is 14. The Morgan fingerprint density at radius 2 is 1.21 bits per heavy atom. The van der Waals surface area contributed by atoms with Crippen molar-refractivity contribution in [1.29, 1.82) is 0 Å².